The topological polar surface area (TPSA) is 120 Å². The number of carbonyl (C=O) groups is 1. The van der Waals surface area contributed by atoms with E-state index in [0.717, 1.165) is 12.8 Å². The number of aromatic nitrogens is 4. The number of H-pyrrole nitrogens is 1. The summed E-state index contributed by atoms with van der Waals surface area (Å²) in [5, 5.41) is 21.3. The average molecular weight is 244 g/mol. The number of rotatable bonds is 3. The normalized spacial score (nSPS) is 14.2. The summed E-state index contributed by atoms with van der Waals surface area (Å²) in [7, 11) is 0. The Hall–Kier alpha value is -2.69. The first kappa shape index (κ1) is 10.5. The van der Waals surface area contributed by atoms with E-state index in [1.807, 2.05) is 6.07 Å². The van der Waals surface area contributed by atoms with E-state index in [4.69, 9.17) is 9.78 Å². The lowest BCUT2D eigenvalue weighted by Gasteiger charge is -1.95. The van der Waals surface area contributed by atoms with E-state index in [-0.39, 0.29) is 29.4 Å². The molecule has 1 aliphatic rings. The van der Waals surface area contributed by atoms with Crippen LogP contribution < -0.4 is 5.32 Å². The Morgan fingerprint density at radius 2 is 2.44 bits per heavy atom. The van der Waals surface area contributed by atoms with E-state index in [1.54, 1.807) is 0 Å². The summed E-state index contributed by atoms with van der Waals surface area (Å²) in [6.07, 6.45) is 3.36. The van der Waals surface area contributed by atoms with Gasteiger partial charge in [-0.1, -0.05) is 5.16 Å². The predicted molar refractivity (Wildman–Crippen MR) is 57.1 cm³/mol. The molecule has 1 saturated carbocycles. The Bertz CT molecular complexity index is 633. The summed E-state index contributed by atoms with van der Waals surface area (Å²) >= 11 is 0. The minimum atomic E-state index is -0.366. The van der Waals surface area contributed by atoms with Crippen molar-refractivity contribution in [1.29, 1.82) is 5.26 Å². The second-order valence-electron chi connectivity index (χ2n) is 3.94. The molecule has 18 heavy (non-hydrogen) atoms. The largest absolute Gasteiger partial charge is 0.346 e. The van der Waals surface area contributed by atoms with Gasteiger partial charge in [0.1, 0.15) is 11.8 Å². The number of aromatic amines is 1. The quantitative estimate of drug-likeness (QED) is 0.796. The van der Waals surface area contributed by atoms with Crippen molar-refractivity contribution in [1.82, 2.24) is 25.7 Å². The van der Waals surface area contributed by atoms with E-state index >= 15 is 0 Å². The zero-order valence-electron chi connectivity index (χ0n) is 9.17. The Kier molecular flexibility index (Phi) is 2.30. The molecule has 1 fully saturated rings. The van der Waals surface area contributed by atoms with Crippen molar-refractivity contribution in [3.63, 3.8) is 0 Å². The van der Waals surface area contributed by atoms with Crippen LogP contribution in [0.5, 0.6) is 0 Å². The van der Waals surface area contributed by atoms with Crippen LogP contribution in [-0.2, 0) is 0 Å². The molecule has 1 aliphatic carbocycles. The molecule has 0 aromatic carbocycles. The fourth-order valence-corrected chi connectivity index (χ4v) is 1.44. The minimum Gasteiger partial charge on any atom is -0.346 e. The molecular weight excluding hydrogens is 236 g/mol. The number of nitrogens with zero attached hydrogens (tertiary/aromatic N) is 4. The third-order valence-corrected chi connectivity index (χ3v) is 2.52. The number of carbonyl (C=O) groups excluding carboxylic acids is 1. The van der Waals surface area contributed by atoms with Crippen LogP contribution in [0.25, 0.3) is 11.5 Å². The molecule has 2 heterocycles. The number of amides is 1. The molecule has 0 atom stereocenters. The lowest BCUT2D eigenvalue weighted by atomic mass is 10.2. The highest BCUT2D eigenvalue weighted by atomic mass is 16.5. The number of hydrogen-bond donors (Lipinski definition) is 2. The van der Waals surface area contributed by atoms with Gasteiger partial charge in [-0.15, -0.1) is 0 Å². The van der Waals surface area contributed by atoms with Gasteiger partial charge in [-0.25, -0.2) is 0 Å². The van der Waals surface area contributed by atoms with Crippen molar-refractivity contribution >= 4 is 5.91 Å². The number of nitrogens with one attached hydrogen (secondary N) is 2. The summed E-state index contributed by atoms with van der Waals surface area (Å²) in [4.78, 5) is 15.6. The van der Waals surface area contributed by atoms with Crippen molar-refractivity contribution < 1.29 is 9.32 Å². The van der Waals surface area contributed by atoms with Crippen LogP contribution in [0.1, 0.15) is 29.2 Å². The maximum Gasteiger partial charge on any atom is 0.292 e. The molecule has 2 aromatic heterocycles. The van der Waals surface area contributed by atoms with E-state index < -0.39 is 0 Å². The van der Waals surface area contributed by atoms with Gasteiger partial charge in [0, 0.05) is 6.04 Å². The smallest absolute Gasteiger partial charge is 0.292 e. The van der Waals surface area contributed by atoms with E-state index in [1.165, 1.54) is 6.20 Å². The van der Waals surface area contributed by atoms with Crippen molar-refractivity contribution in [3.05, 3.63) is 17.7 Å². The maximum absolute atomic E-state index is 11.6. The van der Waals surface area contributed by atoms with Crippen molar-refractivity contribution in [2.24, 2.45) is 0 Å². The van der Waals surface area contributed by atoms with Gasteiger partial charge in [-0.3, -0.25) is 9.89 Å². The second-order valence-corrected chi connectivity index (χ2v) is 3.94. The Balaban J connectivity index is 1.85. The Morgan fingerprint density at radius 3 is 3.17 bits per heavy atom. The van der Waals surface area contributed by atoms with Gasteiger partial charge in [-0.2, -0.15) is 15.3 Å². The molecule has 8 nitrogen and oxygen atoms in total. The fourth-order valence-electron chi connectivity index (χ4n) is 1.44. The highest BCUT2D eigenvalue weighted by molar-refractivity contribution is 5.91. The Morgan fingerprint density at radius 1 is 1.61 bits per heavy atom. The molecule has 0 radical (unpaired) electrons. The Labute approximate surface area is 101 Å². The van der Waals surface area contributed by atoms with Gasteiger partial charge >= 0.3 is 0 Å². The highest BCUT2D eigenvalue weighted by Crippen LogP contribution is 2.21. The first-order valence-corrected chi connectivity index (χ1v) is 5.36. The van der Waals surface area contributed by atoms with Gasteiger partial charge in [-0.05, 0) is 12.8 Å². The van der Waals surface area contributed by atoms with E-state index in [2.05, 4.69) is 25.7 Å². The lowest BCUT2D eigenvalue weighted by Crippen LogP contribution is -2.26. The lowest BCUT2D eigenvalue weighted by molar-refractivity contribution is 0.0937. The molecule has 90 valence electrons. The van der Waals surface area contributed by atoms with Crippen LogP contribution in [-0.4, -0.2) is 32.3 Å². The molecule has 1 amide bonds. The minimum absolute atomic E-state index is 0.0398. The van der Waals surface area contributed by atoms with E-state index in [9.17, 15) is 4.79 Å². The van der Waals surface area contributed by atoms with Crippen LogP contribution in [0.3, 0.4) is 0 Å². The molecule has 0 unspecified atom stereocenters. The molecule has 0 bridgehead atoms. The van der Waals surface area contributed by atoms with Crippen LogP contribution >= 0.6 is 0 Å². The fraction of sp³-hybridized carbons (Fsp3) is 0.300. The SMILES string of the molecule is N#Cc1[nH]ncc1-c1nc(C(=O)NC2CC2)no1. The summed E-state index contributed by atoms with van der Waals surface area (Å²) in [5.74, 6) is -0.308. The second kappa shape index (κ2) is 3.96. The summed E-state index contributed by atoms with van der Waals surface area (Å²) in [6.45, 7) is 0. The summed E-state index contributed by atoms with van der Waals surface area (Å²) < 4.78 is 4.94. The molecule has 0 spiro atoms. The highest BCUT2D eigenvalue weighted by Gasteiger charge is 2.26. The van der Waals surface area contributed by atoms with Gasteiger partial charge in [0.05, 0.1) is 11.8 Å². The van der Waals surface area contributed by atoms with Gasteiger partial charge < -0.3 is 9.84 Å². The predicted octanol–water partition coefficient (Wildman–Crippen LogP) is 0.224. The van der Waals surface area contributed by atoms with E-state index in [0.29, 0.717) is 5.56 Å². The molecule has 0 saturated heterocycles. The first-order chi connectivity index (χ1) is 8.78. The van der Waals surface area contributed by atoms with Crippen molar-refractivity contribution in [3.8, 4) is 17.5 Å². The number of hydrogen-bond acceptors (Lipinski definition) is 6. The van der Waals surface area contributed by atoms with Gasteiger partial charge in [0.25, 0.3) is 17.6 Å². The molecule has 3 rings (SSSR count). The number of nitriles is 1. The third-order valence-electron chi connectivity index (χ3n) is 2.52. The van der Waals surface area contributed by atoms with Gasteiger partial charge in [0.2, 0.25) is 0 Å². The van der Waals surface area contributed by atoms with Crippen molar-refractivity contribution in [2.45, 2.75) is 18.9 Å². The average Bonchev–Trinajstić information content (AvgIpc) is 2.91. The third kappa shape index (κ3) is 1.82. The maximum atomic E-state index is 11.6. The van der Waals surface area contributed by atoms with Gasteiger partial charge in [0.15, 0.2) is 0 Å². The summed E-state index contributed by atoms with van der Waals surface area (Å²) in [6, 6.07) is 2.13. The zero-order chi connectivity index (χ0) is 12.5. The molecule has 8 heteroatoms. The van der Waals surface area contributed by atoms with Crippen LogP contribution in [0.4, 0.5) is 0 Å². The molecular formula is C10H8N6O2. The monoisotopic (exact) mass is 244 g/mol. The van der Waals surface area contributed by atoms with Crippen LogP contribution in [0.2, 0.25) is 0 Å². The first-order valence-electron chi connectivity index (χ1n) is 5.36. The molecule has 0 aliphatic heterocycles. The molecule has 2 N–H and O–H groups in total. The molecule has 2 aromatic rings. The van der Waals surface area contributed by atoms with Crippen LogP contribution in [0, 0.1) is 11.3 Å². The summed E-state index contributed by atoms with van der Waals surface area (Å²) in [5.41, 5.74) is 0.600. The standard InChI is InChI=1S/C10H8N6O2/c11-3-7-6(4-12-15-7)10-14-8(16-18-10)9(17)13-5-1-2-5/h4-5H,1-2H2,(H,12,15)(H,13,17). The van der Waals surface area contributed by atoms with Crippen LogP contribution in [0.15, 0.2) is 10.7 Å². The zero-order valence-corrected chi connectivity index (χ0v) is 9.17. The van der Waals surface area contributed by atoms with Crippen molar-refractivity contribution in [2.75, 3.05) is 0 Å².